The molecule has 0 saturated carbocycles. The van der Waals surface area contributed by atoms with Crippen molar-refractivity contribution in [2.45, 2.75) is 38.5 Å². The highest BCUT2D eigenvalue weighted by Gasteiger charge is 2.17. The predicted molar refractivity (Wildman–Crippen MR) is 118 cm³/mol. The lowest BCUT2D eigenvalue weighted by Crippen LogP contribution is -2.28. The Kier molecular flexibility index (Phi) is 6.46. The van der Waals surface area contributed by atoms with Gasteiger partial charge in [-0.25, -0.2) is 0 Å². The normalized spacial score (nSPS) is 13.4. The number of thioether (sulfide) groups is 1. The maximum absolute atomic E-state index is 12.4. The van der Waals surface area contributed by atoms with E-state index in [1.165, 1.54) is 17.3 Å². The molecule has 2 heterocycles. The van der Waals surface area contributed by atoms with Gasteiger partial charge in [-0.1, -0.05) is 49.9 Å². The number of aromatic nitrogens is 2. The molecule has 1 aliphatic heterocycles. The summed E-state index contributed by atoms with van der Waals surface area (Å²) in [5.41, 5.74) is 3.12. The molecule has 1 atom stereocenters. The van der Waals surface area contributed by atoms with E-state index < -0.39 is 0 Å². The van der Waals surface area contributed by atoms with Crippen molar-refractivity contribution in [3.63, 3.8) is 0 Å². The molecule has 162 valence electrons. The summed E-state index contributed by atoms with van der Waals surface area (Å²) < 4.78 is 16.4. The summed E-state index contributed by atoms with van der Waals surface area (Å²) >= 11 is 1.21. The molecule has 7 nitrogen and oxygen atoms in total. The van der Waals surface area contributed by atoms with Crippen LogP contribution in [0.2, 0.25) is 0 Å². The fourth-order valence-corrected chi connectivity index (χ4v) is 3.90. The molecule has 0 bridgehead atoms. The van der Waals surface area contributed by atoms with E-state index in [9.17, 15) is 4.79 Å². The van der Waals surface area contributed by atoms with E-state index in [-0.39, 0.29) is 24.5 Å². The van der Waals surface area contributed by atoms with Gasteiger partial charge in [-0.15, -0.1) is 10.2 Å². The van der Waals surface area contributed by atoms with E-state index in [4.69, 9.17) is 13.9 Å². The van der Waals surface area contributed by atoms with Crippen molar-refractivity contribution in [1.82, 2.24) is 15.5 Å². The van der Waals surface area contributed by atoms with Gasteiger partial charge < -0.3 is 19.2 Å². The third kappa shape index (κ3) is 5.38. The van der Waals surface area contributed by atoms with E-state index in [0.717, 1.165) is 17.5 Å². The minimum Gasteiger partial charge on any atom is -0.454 e. The molecule has 0 spiro atoms. The van der Waals surface area contributed by atoms with Crippen molar-refractivity contribution in [3.05, 3.63) is 53.6 Å². The van der Waals surface area contributed by atoms with Crippen LogP contribution in [0.25, 0.3) is 11.5 Å². The van der Waals surface area contributed by atoms with Crippen LogP contribution in [0.5, 0.6) is 11.5 Å². The van der Waals surface area contributed by atoms with E-state index in [0.29, 0.717) is 28.5 Å². The van der Waals surface area contributed by atoms with Gasteiger partial charge in [0.15, 0.2) is 11.5 Å². The second kappa shape index (κ2) is 9.43. The molecule has 0 radical (unpaired) electrons. The summed E-state index contributed by atoms with van der Waals surface area (Å²) in [4.78, 5) is 12.4. The zero-order valence-electron chi connectivity index (χ0n) is 17.8. The topological polar surface area (TPSA) is 86.5 Å². The van der Waals surface area contributed by atoms with Crippen molar-refractivity contribution in [1.29, 1.82) is 0 Å². The number of nitrogens with one attached hydrogen (secondary N) is 1. The molecular weight excluding hydrogens is 414 g/mol. The number of fused-ring (bicyclic) bond motifs is 1. The minimum absolute atomic E-state index is 0.0759. The lowest BCUT2D eigenvalue weighted by molar-refractivity contribution is -0.119. The van der Waals surface area contributed by atoms with Crippen LogP contribution >= 0.6 is 11.8 Å². The Balaban J connectivity index is 1.29. The average Bonchev–Trinajstić information content (AvgIpc) is 3.41. The van der Waals surface area contributed by atoms with Gasteiger partial charge in [0.2, 0.25) is 18.6 Å². The number of carbonyl (C=O) groups excluding carboxylic acids is 1. The Morgan fingerprint density at radius 2 is 1.84 bits per heavy atom. The zero-order chi connectivity index (χ0) is 21.8. The fraction of sp³-hybridized carbons (Fsp3) is 0.348. The molecule has 4 rings (SSSR count). The largest absolute Gasteiger partial charge is 0.454 e. The minimum atomic E-state index is -0.0911. The molecule has 8 heteroatoms. The molecule has 1 unspecified atom stereocenters. The first-order valence-electron chi connectivity index (χ1n) is 10.2. The first-order chi connectivity index (χ1) is 15.0. The molecule has 1 amide bonds. The van der Waals surface area contributed by atoms with Gasteiger partial charge in [0.25, 0.3) is 5.22 Å². The van der Waals surface area contributed by atoms with Crippen LogP contribution in [0.1, 0.15) is 37.9 Å². The van der Waals surface area contributed by atoms with E-state index >= 15 is 0 Å². The highest BCUT2D eigenvalue weighted by Crippen LogP contribution is 2.36. The van der Waals surface area contributed by atoms with Gasteiger partial charge in [-0.2, -0.15) is 0 Å². The fourth-order valence-electron chi connectivity index (χ4n) is 3.32. The van der Waals surface area contributed by atoms with E-state index in [1.807, 2.05) is 13.0 Å². The number of carbonyl (C=O) groups is 1. The van der Waals surface area contributed by atoms with Crippen molar-refractivity contribution in [3.8, 4) is 23.0 Å². The molecule has 0 aliphatic carbocycles. The quantitative estimate of drug-likeness (QED) is 0.512. The number of rotatable bonds is 8. The van der Waals surface area contributed by atoms with E-state index in [2.05, 4.69) is 53.6 Å². The Labute approximate surface area is 185 Å². The van der Waals surface area contributed by atoms with Crippen LogP contribution in [0, 0.1) is 5.92 Å². The summed E-state index contributed by atoms with van der Waals surface area (Å²) in [6, 6.07) is 13.8. The predicted octanol–water partition coefficient (Wildman–Crippen LogP) is 4.63. The monoisotopic (exact) mass is 439 g/mol. The van der Waals surface area contributed by atoms with Gasteiger partial charge >= 0.3 is 0 Å². The molecule has 2 aromatic carbocycles. The first kappa shape index (κ1) is 21.2. The second-order valence-corrected chi connectivity index (χ2v) is 8.79. The van der Waals surface area contributed by atoms with Crippen LogP contribution in [-0.4, -0.2) is 28.7 Å². The van der Waals surface area contributed by atoms with Crippen molar-refractivity contribution >= 4 is 17.7 Å². The number of benzene rings is 2. The number of amides is 1. The van der Waals surface area contributed by atoms with Gasteiger partial charge in [0.05, 0.1) is 11.8 Å². The average molecular weight is 440 g/mol. The summed E-state index contributed by atoms with van der Waals surface area (Å²) in [7, 11) is 0. The highest BCUT2D eigenvalue weighted by atomic mass is 32.2. The molecule has 1 N–H and O–H groups in total. The summed E-state index contributed by atoms with van der Waals surface area (Å²) in [6.07, 6.45) is 1.05. The Hall–Kier alpha value is -3.00. The lowest BCUT2D eigenvalue weighted by Gasteiger charge is -2.15. The lowest BCUT2D eigenvalue weighted by atomic mass is 10.00. The standard InChI is InChI=1S/C23H25N3O4S/c1-14(2)10-16-4-6-17(7-5-16)15(3)24-21(27)12-31-23-26-25-22(30-23)18-8-9-19-20(11-18)29-13-28-19/h4-9,11,14-15H,10,12-13H2,1-3H3,(H,24,27). The van der Waals surface area contributed by atoms with Gasteiger partial charge in [0, 0.05) is 5.56 Å². The molecule has 1 aromatic heterocycles. The maximum atomic E-state index is 12.4. The van der Waals surface area contributed by atoms with Crippen LogP contribution in [0.15, 0.2) is 52.1 Å². The summed E-state index contributed by atoms with van der Waals surface area (Å²) in [5.74, 6) is 2.44. The van der Waals surface area contributed by atoms with E-state index in [1.54, 1.807) is 12.1 Å². The Morgan fingerprint density at radius 3 is 2.61 bits per heavy atom. The number of ether oxygens (including phenoxy) is 2. The zero-order valence-corrected chi connectivity index (χ0v) is 18.6. The van der Waals surface area contributed by atoms with Crippen molar-refractivity contribution in [2.75, 3.05) is 12.5 Å². The van der Waals surface area contributed by atoms with Gasteiger partial charge in [0.1, 0.15) is 0 Å². The molecule has 1 aliphatic rings. The smallest absolute Gasteiger partial charge is 0.277 e. The molecule has 0 saturated heterocycles. The van der Waals surface area contributed by atoms with Crippen LogP contribution < -0.4 is 14.8 Å². The molecule has 31 heavy (non-hydrogen) atoms. The van der Waals surface area contributed by atoms with Gasteiger partial charge in [-0.3, -0.25) is 4.79 Å². The third-order valence-electron chi connectivity index (χ3n) is 4.85. The highest BCUT2D eigenvalue weighted by molar-refractivity contribution is 7.99. The number of hydrogen-bond donors (Lipinski definition) is 1. The number of nitrogens with zero attached hydrogens (tertiary/aromatic N) is 2. The molecule has 0 fully saturated rings. The van der Waals surface area contributed by atoms with Gasteiger partial charge in [-0.05, 0) is 48.6 Å². The second-order valence-electron chi connectivity index (χ2n) is 7.86. The summed E-state index contributed by atoms with van der Waals surface area (Å²) in [5, 5.41) is 11.4. The van der Waals surface area contributed by atoms with Crippen LogP contribution in [0.4, 0.5) is 0 Å². The number of hydrogen-bond acceptors (Lipinski definition) is 7. The Bertz CT molecular complexity index is 1050. The van der Waals surface area contributed by atoms with Crippen molar-refractivity contribution in [2.24, 2.45) is 5.92 Å². The van der Waals surface area contributed by atoms with Crippen LogP contribution in [-0.2, 0) is 11.2 Å². The Morgan fingerprint density at radius 1 is 1.06 bits per heavy atom. The molecule has 3 aromatic rings. The SMILES string of the molecule is CC(C)Cc1ccc(C(C)NC(=O)CSc2nnc(-c3ccc4c(c3)OCO4)o2)cc1. The first-order valence-corrected chi connectivity index (χ1v) is 11.2. The maximum Gasteiger partial charge on any atom is 0.277 e. The third-order valence-corrected chi connectivity index (χ3v) is 5.67. The van der Waals surface area contributed by atoms with Crippen molar-refractivity contribution < 1.29 is 18.7 Å². The summed E-state index contributed by atoms with van der Waals surface area (Å²) in [6.45, 7) is 6.59. The van der Waals surface area contributed by atoms with Crippen LogP contribution in [0.3, 0.4) is 0 Å². The molecular formula is C23H25N3O4S.